The summed E-state index contributed by atoms with van der Waals surface area (Å²) in [7, 11) is 0. The summed E-state index contributed by atoms with van der Waals surface area (Å²) in [6.45, 7) is 5.28. The van der Waals surface area contributed by atoms with Crippen molar-refractivity contribution in [3.8, 4) is 0 Å². The highest BCUT2D eigenvalue weighted by atomic mass is 32.2. The fourth-order valence-corrected chi connectivity index (χ4v) is 5.29. The van der Waals surface area contributed by atoms with Crippen LogP contribution in [0.4, 0.5) is 0 Å². The Hall–Kier alpha value is -2.71. The summed E-state index contributed by atoms with van der Waals surface area (Å²) in [5.41, 5.74) is 2.85. The first-order chi connectivity index (χ1) is 15.6. The molecule has 3 aromatic heterocycles. The summed E-state index contributed by atoms with van der Waals surface area (Å²) in [5.74, 6) is 0.171. The number of pyridine rings is 1. The van der Waals surface area contributed by atoms with Crippen LogP contribution in [-0.4, -0.2) is 32.7 Å². The molecule has 1 aromatic carbocycles. The number of hydrogen-bond acceptors (Lipinski definition) is 6. The Balaban J connectivity index is 1.71. The van der Waals surface area contributed by atoms with Crippen molar-refractivity contribution in [3.05, 3.63) is 64.1 Å². The average Bonchev–Trinajstić information content (AvgIpc) is 3.19. The second-order valence-electron chi connectivity index (χ2n) is 7.58. The Morgan fingerprint density at radius 3 is 2.69 bits per heavy atom. The van der Waals surface area contributed by atoms with E-state index in [9.17, 15) is 9.59 Å². The van der Waals surface area contributed by atoms with E-state index >= 15 is 0 Å². The fourth-order valence-electron chi connectivity index (χ4n) is 3.44. The summed E-state index contributed by atoms with van der Waals surface area (Å²) >= 11 is 2.68. The number of carbonyl (C=O) groups is 1. The molecule has 0 saturated carbocycles. The molecular formula is C24H26N4O2S2. The van der Waals surface area contributed by atoms with Crippen molar-refractivity contribution >= 4 is 49.4 Å². The van der Waals surface area contributed by atoms with Gasteiger partial charge in [-0.05, 0) is 36.1 Å². The van der Waals surface area contributed by atoms with Crippen molar-refractivity contribution in [1.29, 1.82) is 0 Å². The Morgan fingerprint density at radius 1 is 1.16 bits per heavy atom. The molecule has 4 aromatic rings. The Bertz CT molecular complexity index is 1300. The zero-order chi connectivity index (χ0) is 22.5. The minimum absolute atomic E-state index is 0.0477. The number of thiophene rings is 1. The number of aromatic nitrogens is 3. The third kappa shape index (κ3) is 4.86. The third-order valence-electron chi connectivity index (χ3n) is 5.27. The minimum atomic E-state index is -0.0912. The highest BCUT2D eigenvalue weighted by molar-refractivity contribution is 7.99. The van der Waals surface area contributed by atoms with Crippen molar-refractivity contribution in [2.24, 2.45) is 0 Å². The van der Waals surface area contributed by atoms with Crippen LogP contribution in [0.1, 0.15) is 37.8 Å². The summed E-state index contributed by atoms with van der Waals surface area (Å²) in [6, 6.07) is 12.1. The van der Waals surface area contributed by atoms with E-state index in [1.54, 1.807) is 10.8 Å². The molecule has 1 amide bonds. The quantitative estimate of drug-likeness (QED) is 0.221. The van der Waals surface area contributed by atoms with Crippen LogP contribution < -0.4 is 10.9 Å². The topological polar surface area (TPSA) is 76.9 Å². The first kappa shape index (κ1) is 22.5. The van der Waals surface area contributed by atoms with Gasteiger partial charge in [0.2, 0.25) is 5.91 Å². The van der Waals surface area contributed by atoms with Gasteiger partial charge in [0.05, 0.1) is 17.8 Å². The summed E-state index contributed by atoms with van der Waals surface area (Å²) < 4.78 is 2.28. The largest absolute Gasteiger partial charge is 0.355 e. The maximum atomic E-state index is 13.5. The van der Waals surface area contributed by atoms with Crippen LogP contribution in [0.25, 0.3) is 20.4 Å². The molecule has 0 radical (unpaired) electrons. The van der Waals surface area contributed by atoms with Crippen molar-refractivity contribution in [3.63, 3.8) is 0 Å². The molecule has 0 aliphatic heterocycles. The molecule has 0 bridgehead atoms. The van der Waals surface area contributed by atoms with Crippen molar-refractivity contribution in [2.75, 3.05) is 12.3 Å². The lowest BCUT2D eigenvalue weighted by molar-refractivity contribution is -0.118. The molecule has 1 N–H and O–H groups in total. The van der Waals surface area contributed by atoms with E-state index in [0.29, 0.717) is 28.5 Å². The normalized spacial score (nSPS) is 11.3. The van der Waals surface area contributed by atoms with Gasteiger partial charge in [-0.25, -0.2) is 9.97 Å². The Morgan fingerprint density at radius 2 is 1.94 bits per heavy atom. The lowest BCUT2D eigenvalue weighted by Gasteiger charge is -2.12. The number of benzene rings is 1. The van der Waals surface area contributed by atoms with E-state index in [4.69, 9.17) is 4.98 Å². The number of carbonyl (C=O) groups excluding carboxylic acids is 1. The maximum Gasteiger partial charge on any atom is 0.272 e. The van der Waals surface area contributed by atoms with Crippen LogP contribution in [0.3, 0.4) is 0 Å². The van der Waals surface area contributed by atoms with Gasteiger partial charge in [-0.3, -0.25) is 14.2 Å². The predicted octanol–water partition coefficient (Wildman–Crippen LogP) is 4.63. The van der Waals surface area contributed by atoms with E-state index < -0.39 is 0 Å². The number of nitrogens with one attached hydrogen (secondary N) is 1. The zero-order valence-corrected chi connectivity index (χ0v) is 19.9. The lowest BCUT2D eigenvalue weighted by atomic mass is 10.1. The number of thioether (sulfide) groups is 1. The molecule has 8 heteroatoms. The van der Waals surface area contributed by atoms with E-state index in [-0.39, 0.29) is 17.2 Å². The van der Waals surface area contributed by atoms with Crippen molar-refractivity contribution in [2.45, 2.75) is 44.8 Å². The second kappa shape index (κ2) is 10.3. The third-order valence-corrected chi connectivity index (χ3v) is 7.34. The molecular weight excluding hydrogens is 440 g/mol. The van der Waals surface area contributed by atoms with Crippen LogP contribution in [0.5, 0.6) is 0 Å². The van der Waals surface area contributed by atoms with Crippen LogP contribution in [0, 0.1) is 0 Å². The average molecular weight is 467 g/mol. The monoisotopic (exact) mass is 466 g/mol. The van der Waals surface area contributed by atoms with Gasteiger partial charge >= 0.3 is 0 Å². The van der Waals surface area contributed by atoms with Gasteiger partial charge in [-0.2, -0.15) is 0 Å². The van der Waals surface area contributed by atoms with E-state index in [0.717, 1.165) is 35.0 Å². The number of unbranched alkanes of at least 4 members (excludes halogenated alkanes) is 1. The Labute approximate surface area is 195 Å². The SMILES string of the molecule is CCCCNC(=O)CSc1nc2c(sc3ncccc32)c(=O)n1Cc1ccc(CC)cc1. The maximum absolute atomic E-state index is 13.5. The van der Waals surface area contributed by atoms with Gasteiger partial charge in [0.1, 0.15) is 9.53 Å². The van der Waals surface area contributed by atoms with E-state index in [2.05, 4.69) is 36.3 Å². The highest BCUT2D eigenvalue weighted by Crippen LogP contribution is 2.30. The van der Waals surface area contributed by atoms with E-state index in [1.165, 1.54) is 28.7 Å². The van der Waals surface area contributed by atoms with Crippen LogP contribution in [0.2, 0.25) is 0 Å². The van der Waals surface area contributed by atoms with Gasteiger partial charge < -0.3 is 5.32 Å². The first-order valence-corrected chi connectivity index (χ1v) is 12.7. The van der Waals surface area contributed by atoms with Gasteiger partial charge in [-0.15, -0.1) is 11.3 Å². The van der Waals surface area contributed by atoms with Gasteiger partial charge in [0.15, 0.2) is 5.16 Å². The molecule has 0 unspecified atom stereocenters. The summed E-state index contributed by atoms with van der Waals surface area (Å²) in [5, 5.41) is 4.35. The number of aryl methyl sites for hydroxylation is 1. The van der Waals surface area contributed by atoms with Crippen LogP contribution in [-0.2, 0) is 17.8 Å². The van der Waals surface area contributed by atoms with E-state index in [1.807, 2.05) is 24.3 Å². The molecule has 0 aliphatic carbocycles. The van der Waals surface area contributed by atoms with Gasteiger partial charge in [-0.1, -0.05) is 56.3 Å². The molecule has 0 aliphatic rings. The van der Waals surface area contributed by atoms with Crippen LogP contribution in [0.15, 0.2) is 52.5 Å². The molecule has 0 saturated heterocycles. The number of fused-ring (bicyclic) bond motifs is 3. The standard InChI is InChI=1S/C24H26N4O2S2/c1-3-5-12-25-19(29)15-31-24-27-20-18-7-6-13-26-22(18)32-21(20)23(30)28(24)14-17-10-8-16(4-2)9-11-17/h6-11,13H,3-5,12,14-15H2,1-2H3,(H,25,29). The minimum Gasteiger partial charge on any atom is -0.355 e. The highest BCUT2D eigenvalue weighted by Gasteiger charge is 2.18. The Kier molecular flexibility index (Phi) is 7.22. The molecule has 32 heavy (non-hydrogen) atoms. The molecule has 4 rings (SSSR count). The molecule has 166 valence electrons. The fraction of sp³-hybridized carbons (Fsp3) is 0.333. The second-order valence-corrected chi connectivity index (χ2v) is 9.53. The van der Waals surface area contributed by atoms with Crippen molar-refractivity contribution < 1.29 is 4.79 Å². The predicted molar refractivity (Wildman–Crippen MR) is 133 cm³/mol. The summed E-state index contributed by atoms with van der Waals surface area (Å²) in [6.07, 6.45) is 4.67. The number of rotatable bonds is 9. The molecule has 0 spiro atoms. The van der Waals surface area contributed by atoms with Crippen LogP contribution >= 0.6 is 23.1 Å². The molecule has 3 heterocycles. The first-order valence-electron chi connectivity index (χ1n) is 10.9. The van der Waals surface area contributed by atoms with Gasteiger partial charge in [0.25, 0.3) is 5.56 Å². The molecule has 6 nitrogen and oxygen atoms in total. The van der Waals surface area contributed by atoms with Gasteiger partial charge in [0, 0.05) is 18.1 Å². The smallest absolute Gasteiger partial charge is 0.272 e. The zero-order valence-electron chi connectivity index (χ0n) is 18.3. The number of hydrogen-bond donors (Lipinski definition) is 1. The molecule has 0 fully saturated rings. The van der Waals surface area contributed by atoms with Crippen molar-refractivity contribution in [1.82, 2.24) is 19.9 Å². The lowest BCUT2D eigenvalue weighted by Crippen LogP contribution is -2.27. The molecule has 0 atom stereocenters. The number of nitrogens with zero attached hydrogens (tertiary/aromatic N) is 3. The summed E-state index contributed by atoms with van der Waals surface area (Å²) in [4.78, 5) is 35.8. The number of amides is 1.